The number of rotatable bonds is 10. The Morgan fingerprint density at radius 3 is 2.85 bits per heavy atom. The predicted molar refractivity (Wildman–Crippen MR) is 117 cm³/mol. The van der Waals surface area contributed by atoms with Crippen molar-refractivity contribution in [1.82, 2.24) is 10.6 Å². The van der Waals surface area contributed by atoms with Crippen LogP contribution in [0.5, 0.6) is 0 Å². The van der Waals surface area contributed by atoms with Gasteiger partial charge in [0.1, 0.15) is 17.1 Å². The normalized spacial score (nSPS) is 19.4. The van der Waals surface area contributed by atoms with E-state index in [1.54, 1.807) is 13.0 Å². The second kappa shape index (κ2) is 12.6. The molecular weight excluding hydrogens is 461 g/mol. The molecule has 1 aromatic rings. The van der Waals surface area contributed by atoms with Gasteiger partial charge >= 0.3 is 0 Å². The van der Waals surface area contributed by atoms with E-state index in [0.29, 0.717) is 24.2 Å². The molecular formula is C19H34IN3O4. The third-order valence-electron chi connectivity index (χ3n) is 4.30. The maximum Gasteiger partial charge on any atom is 0.191 e. The van der Waals surface area contributed by atoms with Gasteiger partial charge in [0.15, 0.2) is 5.96 Å². The second-order valence-corrected chi connectivity index (χ2v) is 6.96. The first-order valence-corrected chi connectivity index (χ1v) is 9.48. The first-order chi connectivity index (χ1) is 12.5. The topological polar surface area (TPSA) is 88.3 Å². The molecule has 1 aliphatic heterocycles. The molecule has 27 heavy (non-hydrogen) atoms. The third-order valence-corrected chi connectivity index (χ3v) is 4.30. The average molecular weight is 495 g/mol. The molecule has 3 N–H and O–H groups in total. The van der Waals surface area contributed by atoms with Crippen molar-refractivity contribution in [3.63, 3.8) is 0 Å². The lowest BCUT2D eigenvalue weighted by Gasteiger charge is -2.19. The van der Waals surface area contributed by atoms with Gasteiger partial charge in [-0.15, -0.1) is 24.0 Å². The minimum absolute atomic E-state index is 0. The lowest BCUT2D eigenvalue weighted by Crippen LogP contribution is -2.39. The van der Waals surface area contributed by atoms with Crippen LogP contribution in [0.1, 0.15) is 38.2 Å². The lowest BCUT2D eigenvalue weighted by atomic mass is 10.0. The highest BCUT2D eigenvalue weighted by Crippen LogP contribution is 2.23. The molecule has 2 atom stereocenters. The summed E-state index contributed by atoms with van der Waals surface area (Å²) < 4.78 is 16.6. The van der Waals surface area contributed by atoms with Crippen LogP contribution in [0.25, 0.3) is 0 Å². The summed E-state index contributed by atoms with van der Waals surface area (Å²) in [7, 11) is 0. The summed E-state index contributed by atoms with van der Waals surface area (Å²) >= 11 is 0. The molecule has 0 spiro atoms. The quantitative estimate of drug-likeness (QED) is 0.200. The van der Waals surface area contributed by atoms with Gasteiger partial charge in [0.05, 0.1) is 19.8 Å². The molecule has 2 unspecified atom stereocenters. The molecule has 0 bridgehead atoms. The number of aliphatic imine (C=N–C) groups is 1. The van der Waals surface area contributed by atoms with Crippen LogP contribution in [-0.4, -0.2) is 57.1 Å². The number of halogens is 1. The first-order valence-electron chi connectivity index (χ1n) is 9.48. The predicted octanol–water partition coefficient (Wildman–Crippen LogP) is 2.41. The largest absolute Gasteiger partial charge is 0.463 e. The molecule has 1 aromatic heterocycles. The highest BCUT2D eigenvalue weighted by molar-refractivity contribution is 14.0. The Balaban J connectivity index is 0.00000364. The van der Waals surface area contributed by atoms with Gasteiger partial charge in [0.25, 0.3) is 0 Å². The number of nitrogens with zero attached hydrogens (tertiary/aromatic N) is 1. The Labute approximate surface area is 179 Å². The van der Waals surface area contributed by atoms with E-state index in [9.17, 15) is 5.11 Å². The Kier molecular flexibility index (Phi) is 11.3. The SMILES string of the molecule is CCNC(=NCC(C)(O)c1ccc(C)o1)NCCCOCC1CCOC1.I. The number of aliphatic hydroxyl groups is 1. The Morgan fingerprint density at radius 1 is 1.41 bits per heavy atom. The monoisotopic (exact) mass is 495 g/mol. The van der Waals surface area contributed by atoms with Gasteiger partial charge in [0, 0.05) is 32.2 Å². The molecule has 0 saturated carbocycles. The molecule has 1 aliphatic rings. The minimum Gasteiger partial charge on any atom is -0.463 e. The van der Waals surface area contributed by atoms with Crippen LogP contribution in [0.4, 0.5) is 0 Å². The molecule has 156 valence electrons. The van der Waals surface area contributed by atoms with E-state index in [2.05, 4.69) is 15.6 Å². The summed E-state index contributed by atoms with van der Waals surface area (Å²) in [5.74, 6) is 2.53. The second-order valence-electron chi connectivity index (χ2n) is 6.96. The Bertz CT molecular complexity index is 557. The number of nitrogens with one attached hydrogen (secondary N) is 2. The van der Waals surface area contributed by atoms with Crippen molar-refractivity contribution in [1.29, 1.82) is 0 Å². The Morgan fingerprint density at radius 2 is 2.22 bits per heavy atom. The summed E-state index contributed by atoms with van der Waals surface area (Å²) in [5, 5.41) is 17.0. The molecule has 1 fully saturated rings. The third kappa shape index (κ3) is 8.80. The van der Waals surface area contributed by atoms with E-state index >= 15 is 0 Å². The molecule has 0 amide bonds. The molecule has 2 heterocycles. The van der Waals surface area contributed by atoms with Crippen molar-refractivity contribution in [3.8, 4) is 0 Å². The molecule has 1 saturated heterocycles. The molecule has 0 aliphatic carbocycles. The number of hydrogen-bond acceptors (Lipinski definition) is 5. The van der Waals surface area contributed by atoms with Crippen molar-refractivity contribution >= 4 is 29.9 Å². The van der Waals surface area contributed by atoms with Crippen LogP contribution >= 0.6 is 24.0 Å². The van der Waals surface area contributed by atoms with Gasteiger partial charge in [-0.2, -0.15) is 0 Å². The standard InChI is InChI=1S/C19H33N3O4.HI/c1-4-20-18(21-9-5-10-24-12-16-8-11-25-13-16)22-14-19(3,23)17-7-6-15(2)26-17;/h6-7,16,23H,4-5,8-14H2,1-3H3,(H2,20,21,22);1H. The molecule has 0 aromatic carbocycles. The van der Waals surface area contributed by atoms with Crippen molar-refractivity contribution in [2.45, 2.75) is 39.2 Å². The molecule has 2 rings (SSSR count). The van der Waals surface area contributed by atoms with Crippen molar-refractivity contribution in [3.05, 3.63) is 23.7 Å². The van der Waals surface area contributed by atoms with Gasteiger partial charge in [-0.3, -0.25) is 0 Å². The van der Waals surface area contributed by atoms with Gasteiger partial charge in [-0.25, -0.2) is 4.99 Å². The van der Waals surface area contributed by atoms with Crippen molar-refractivity contribution in [2.75, 3.05) is 46.1 Å². The van der Waals surface area contributed by atoms with E-state index in [1.165, 1.54) is 0 Å². The van der Waals surface area contributed by atoms with Gasteiger partial charge in [-0.05, 0) is 45.7 Å². The zero-order chi connectivity index (χ0) is 18.8. The fourth-order valence-corrected chi connectivity index (χ4v) is 2.72. The van der Waals surface area contributed by atoms with Gasteiger partial charge < -0.3 is 29.6 Å². The first kappa shape index (κ1) is 24.2. The highest BCUT2D eigenvalue weighted by Gasteiger charge is 2.26. The summed E-state index contributed by atoms with van der Waals surface area (Å²) in [6.45, 7) is 10.5. The lowest BCUT2D eigenvalue weighted by molar-refractivity contribution is 0.0428. The van der Waals surface area contributed by atoms with E-state index in [-0.39, 0.29) is 30.5 Å². The fourth-order valence-electron chi connectivity index (χ4n) is 2.72. The zero-order valence-electron chi connectivity index (χ0n) is 16.6. The number of aryl methyl sites for hydroxylation is 1. The van der Waals surface area contributed by atoms with Crippen LogP contribution in [0.3, 0.4) is 0 Å². The van der Waals surface area contributed by atoms with Crippen LogP contribution in [0.15, 0.2) is 21.5 Å². The number of ether oxygens (including phenoxy) is 2. The summed E-state index contributed by atoms with van der Waals surface area (Å²) in [6, 6.07) is 3.63. The van der Waals surface area contributed by atoms with Crippen LogP contribution in [-0.2, 0) is 15.1 Å². The molecule has 8 heteroatoms. The van der Waals surface area contributed by atoms with Gasteiger partial charge in [0.2, 0.25) is 0 Å². The maximum absolute atomic E-state index is 10.6. The van der Waals surface area contributed by atoms with Crippen LogP contribution in [0.2, 0.25) is 0 Å². The van der Waals surface area contributed by atoms with E-state index in [0.717, 1.165) is 51.5 Å². The minimum atomic E-state index is -1.14. The Hall–Kier alpha value is -0.840. The van der Waals surface area contributed by atoms with E-state index in [1.807, 2.05) is 19.9 Å². The van der Waals surface area contributed by atoms with Crippen LogP contribution in [0, 0.1) is 12.8 Å². The smallest absolute Gasteiger partial charge is 0.191 e. The van der Waals surface area contributed by atoms with Crippen molar-refractivity contribution in [2.24, 2.45) is 10.9 Å². The summed E-state index contributed by atoms with van der Waals surface area (Å²) in [5.41, 5.74) is -1.14. The number of guanidine groups is 1. The van der Waals surface area contributed by atoms with Crippen LogP contribution < -0.4 is 10.6 Å². The van der Waals surface area contributed by atoms with E-state index < -0.39 is 5.60 Å². The van der Waals surface area contributed by atoms with Gasteiger partial charge in [-0.1, -0.05) is 0 Å². The average Bonchev–Trinajstić information content (AvgIpc) is 3.27. The van der Waals surface area contributed by atoms with Crippen molar-refractivity contribution < 1.29 is 19.0 Å². The number of hydrogen-bond donors (Lipinski definition) is 3. The molecule has 7 nitrogen and oxygen atoms in total. The molecule has 0 radical (unpaired) electrons. The zero-order valence-corrected chi connectivity index (χ0v) is 19.0. The fraction of sp³-hybridized carbons (Fsp3) is 0.737. The van der Waals surface area contributed by atoms with E-state index in [4.69, 9.17) is 13.9 Å². The number of furan rings is 1. The summed E-state index contributed by atoms with van der Waals surface area (Å²) in [6.07, 6.45) is 2.00. The summed E-state index contributed by atoms with van der Waals surface area (Å²) in [4.78, 5) is 4.48. The highest BCUT2D eigenvalue weighted by atomic mass is 127. The maximum atomic E-state index is 10.6.